The molecule has 4 N–H and O–H groups in total. The summed E-state index contributed by atoms with van der Waals surface area (Å²) in [7, 11) is 0. The highest BCUT2D eigenvalue weighted by Crippen LogP contribution is 2.14. The Kier molecular flexibility index (Phi) is 22.2. The van der Waals surface area contributed by atoms with E-state index in [1.54, 1.807) is 0 Å². The van der Waals surface area contributed by atoms with E-state index in [0.29, 0.717) is 31.2 Å². The third kappa shape index (κ3) is 23.6. The van der Waals surface area contributed by atoms with Crippen LogP contribution in [-0.4, -0.2) is 115 Å². The quantitative estimate of drug-likeness (QED) is 0.160. The SMILES string of the molecule is CC(C)(C)OC(=O)CC1CNC1.CCCCN1CC(NC(=O)OC(C)(C)C)C1.FCCCI.NC1CN(CCCF)C1. The summed E-state index contributed by atoms with van der Waals surface area (Å²) >= 11 is 2.15. The zero-order valence-corrected chi connectivity index (χ0v) is 29.4. The Morgan fingerprint density at radius 2 is 1.43 bits per heavy atom. The third-order valence-corrected chi connectivity index (χ3v) is 6.87. The lowest BCUT2D eigenvalue weighted by molar-refractivity contribution is -0.156. The maximum Gasteiger partial charge on any atom is 0.407 e. The Labute approximate surface area is 267 Å². The number of unbranched alkanes of at least 4 members (excludes halogenated alkanes) is 1. The Morgan fingerprint density at radius 1 is 0.905 bits per heavy atom. The number of alkyl halides is 3. The van der Waals surface area contributed by atoms with Gasteiger partial charge in [0, 0.05) is 43.2 Å². The van der Waals surface area contributed by atoms with E-state index in [-0.39, 0.29) is 37.1 Å². The van der Waals surface area contributed by atoms with E-state index in [0.717, 1.165) is 56.8 Å². The lowest BCUT2D eigenvalue weighted by Crippen LogP contribution is -2.59. The maximum atomic E-state index is 11.6. The number of halogens is 3. The molecule has 3 rings (SSSR count). The monoisotopic (exact) mass is 719 g/mol. The smallest absolute Gasteiger partial charge is 0.407 e. The summed E-state index contributed by atoms with van der Waals surface area (Å²) in [5.74, 6) is 0.425. The number of rotatable bonds is 11. The van der Waals surface area contributed by atoms with Gasteiger partial charge in [0.25, 0.3) is 0 Å². The average Bonchev–Trinajstić information content (AvgIpc) is 2.79. The fourth-order valence-corrected chi connectivity index (χ4v) is 4.23. The normalized spacial score (nSPS) is 17.9. The summed E-state index contributed by atoms with van der Waals surface area (Å²) in [5, 5.41) is 6.00. The fourth-order valence-electron chi connectivity index (χ4n) is 3.94. The summed E-state index contributed by atoms with van der Waals surface area (Å²) in [4.78, 5) is 27.2. The van der Waals surface area contributed by atoms with Crippen LogP contribution in [0.15, 0.2) is 0 Å². The van der Waals surface area contributed by atoms with Crippen LogP contribution in [0, 0.1) is 5.92 Å². The minimum atomic E-state index is -0.407. The molecule has 3 fully saturated rings. The zero-order chi connectivity index (χ0) is 32.2. The molecule has 0 aromatic heterocycles. The number of alkyl carbamates (subject to hydrolysis) is 1. The summed E-state index contributed by atoms with van der Waals surface area (Å²) in [6, 6.07) is 0.622. The van der Waals surface area contributed by atoms with Gasteiger partial charge in [0.2, 0.25) is 0 Å². The number of nitrogens with one attached hydrogen (secondary N) is 2. The Balaban J connectivity index is 0.000000572. The number of esters is 1. The molecule has 1 amide bonds. The summed E-state index contributed by atoms with van der Waals surface area (Å²) in [6.45, 7) is 20.9. The lowest BCUT2D eigenvalue weighted by atomic mass is 9.99. The van der Waals surface area contributed by atoms with Gasteiger partial charge in [-0.3, -0.25) is 18.5 Å². The first-order valence-electron chi connectivity index (χ1n) is 15.4. The second kappa shape index (κ2) is 22.6. The largest absolute Gasteiger partial charge is 0.460 e. The van der Waals surface area contributed by atoms with Gasteiger partial charge in [0.1, 0.15) is 11.2 Å². The van der Waals surface area contributed by atoms with Crippen molar-refractivity contribution in [2.45, 2.75) is 104 Å². The van der Waals surface area contributed by atoms with Crippen LogP contribution in [-0.2, 0) is 14.3 Å². The van der Waals surface area contributed by atoms with Gasteiger partial charge >= 0.3 is 12.1 Å². The minimum absolute atomic E-state index is 0.0750. The molecule has 250 valence electrons. The molecule has 3 aliphatic heterocycles. The predicted molar refractivity (Wildman–Crippen MR) is 176 cm³/mol. The first-order valence-corrected chi connectivity index (χ1v) is 16.9. The molecular formula is C30H60F2IN5O4. The van der Waals surface area contributed by atoms with Gasteiger partial charge in [-0.15, -0.1) is 0 Å². The topological polar surface area (TPSA) is 109 Å². The van der Waals surface area contributed by atoms with E-state index in [2.05, 4.69) is 49.9 Å². The van der Waals surface area contributed by atoms with Gasteiger partial charge in [-0.05, 0) is 86.4 Å². The number of nitrogens with two attached hydrogens (primary N) is 1. The van der Waals surface area contributed by atoms with Crippen LogP contribution in [0.3, 0.4) is 0 Å². The highest BCUT2D eigenvalue weighted by molar-refractivity contribution is 14.1. The number of ether oxygens (including phenoxy) is 2. The Hall–Kier alpha value is -0.830. The molecule has 0 saturated carbocycles. The minimum Gasteiger partial charge on any atom is -0.460 e. The van der Waals surface area contributed by atoms with Crippen molar-refractivity contribution in [1.82, 2.24) is 20.4 Å². The second-order valence-electron chi connectivity index (χ2n) is 13.1. The molecule has 42 heavy (non-hydrogen) atoms. The van der Waals surface area contributed by atoms with Crippen molar-refractivity contribution in [2.75, 3.05) is 70.1 Å². The summed E-state index contributed by atoms with van der Waals surface area (Å²) in [6.07, 6.45) is 4.09. The van der Waals surface area contributed by atoms with Gasteiger partial charge < -0.3 is 30.7 Å². The van der Waals surface area contributed by atoms with E-state index in [1.807, 2.05) is 41.5 Å². The molecule has 0 bridgehead atoms. The van der Waals surface area contributed by atoms with Gasteiger partial charge in [0.05, 0.1) is 25.8 Å². The molecule has 3 heterocycles. The Morgan fingerprint density at radius 3 is 1.81 bits per heavy atom. The lowest BCUT2D eigenvalue weighted by Gasteiger charge is -2.39. The van der Waals surface area contributed by atoms with Crippen LogP contribution in [0.4, 0.5) is 13.6 Å². The number of carbonyl (C=O) groups is 2. The molecule has 3 saturated heterocycles. The standard InChI is InChI=1S/C12H24N2O2.C9H17NO2.C6H13FN2.C3H6FI/c1-5-6-7-14-8-10(9-14)13-11(15)16-12(2,3)4;1-9(2,3)12-8(11)4-7-5-10-6-7;7-2-1-3-9-4-6(8)5-9;4-2-1-3-5/h10H,5-9H2,1-4H3,(H,13,15);7,10H,4-6H2,1-3H3;6H,1-5,8H2;1-3H2. The van der Waals surface area contributed by atoms with Gasteiger partial charge in [-0.1, -0.05) is 35.9 Å². The van der Waals surface area contributed by atoms with E-state index in [1.165, 1.54) is 12.8 Å². The van der Waals surface area contributed by atoms with Crippen molar-refractivity contribution in [3.63, 3.8) is 0 Å². The van der Waals surface area contributed by atoms with Crippen molar-refractivity contribution in [2.24, 2.45) is 11.7 Å². The summed E-state index contributed by atoms with van der Waals surface area (Å²) in [5.41, 5.74) is 4.76. The first-order chi connectivity index (χ1) is 19.6. The number of carbonyl (C=O) groups excluding carboxylic acids is 2. The number of hydrogen-bond acceptors (Lipinski definition) is 8. The second-order valence-corrected chi connectivity index (χ2v) is 14.1. The molecule has 0 spiro atoms. The Bertz CT molecular complexity index is 707. The van der Waals surface area contributed by atoms with Gasteiger partial charge in [0.15, 0.2) is 0 Å². The van der Waals surface area contributed by atoms with Crippen molar-refractivity contribution in [3.05, 3.63) is 0 Å². The average molecular weight is 720 g/mol. The predicted octanol–water partition coefficient (Wildman–Crippen LogP) is 4.70. The number of hydrogen-bond donors (Lipinski definition) is 3. The number of likely N-dealkylation sites (tertiary alicyclic amines) is 2. The fraction of sp³-hybridized carbons (Fsp3) is 0.933. The zero-order valence-electron chi connectivity index (χ0n) is 27.3. The number of amides is 1. The van der Waals surface area contributed by atoms with E-state index < -0.39 is 5.60 Å². The molecule has 3 aliphatic rings. The molecule has 9 nitrogen and oxygen atoms in total. The van der Waals surface area contributed by atoms with Crippen LogP contribution in [0.5, 0.6) is 0 Å². The molecule has 0 radical (unpaired) electrons. The van der Waals surface area contributed by atoms with Crippen LogP contribution in [0.1, 0.15) is 80.6 Å². The van der Waals surface area contributed by atoms with Crippen molar-refractivity contribution < 1.29 is 27.8 Å². The maximum absolute atomic E-state index is 11.6. The van der Waals surface area contributed by atoms with Crippen LogP contribution < -0.4 is 16.4 Å². The highest BCUT2D eigenvalue weighted by Gasteiger charge is 2.29. The van der Waals surface area contributed by atoms with E-state index in [4.69, 9.17) is 15.2 Å². The molecular weight excluding hydrogens is 659 g/mol. The molecule has 0 atom stereocenters. The molecule has 0 aromatic rings. The first kappa shape index (κ1) is 41.2. The van der Waals surface area contributed by atoms with Crippen molar-refractivity contribution in [3.8, 4) is 0 Å². The summed E-state index contributed by atoms with van der Waals surface area (Å²) < 4.78 is 33.8. The highest BCUT2D eigenvalue weighted by atomic mass is 127. The van der Waals surface area contributed by atoms with Gasteiger partial charge in [-0.25, -0.2) is 4.79 Å². The van der Waals surface area contributed by atoms with Crippen LogP contribution >= 0.6 is 22.6 Å². The molecule has 12 heteroatoms. The van der Waals surface area contributed by atoms with Crippen molar-refractivity contribution in [1.29, 1.82) is 0 Å². The van der Waals surface area contributed by atoms with Gasteiger partial charge in [-0.2, -0.15) is 0 Å². The van der Waals surface area contributed by atoms with Crippen molar-refractivity contribution >= 4 is 34.7 Å². The number of nitrogens with zero attached hydrogens (tertiary/aromatic N) is 2. The van der Waals surface area contributed by atoms with Crippen LogP contribution in [0.25, 0.3) is 0 Å². The molecule has 0 aliphatic carbocycles. The molecule has 0 aromatic carbocycles. The van der Waals surface area contributed by atoms with Crippen LogP contribution in [0.2, 0.25) is 0 Å². The van der Waals surface area contributed by atoms with E-state index >= 15 is 0 Å². The van der Waals surface area contributed by atoms with E-state index in [9.17, 15) is 18.4 Å². The third-order valence-electron chi connectivity index (χ3n) is 6.11. The molecule has 0 unspecified atom stereocenters.